The van der Waals surface area contributed by atoms with E-state index in [4.69, 9.17) is 15.9 Å². The Hall–Kier alpha value is -15.9. The summed E-state index contributed by atoms with van der Waals surface area (Å²) in [6.45, 7) is 0. The minimum absolute atomic E-state index is 0.531. The Labute approximate surface area is 720 Å². The lowest BCUT2D eigenvalue weighted by Crippen LogP contribution is -2.61. The molecule has 0 aromatic carbocycles. The number of carbonyl (C=O) groups is 30. The minimum atomic E-state index is -2.66. The number of nitrogens with two attached hydrogens (primary N) is 1. The highest BCUT2D eigenvalue weighted by molar-refractivity contribution is 6.03. The van der Waals surface area contributed by atoms with Gasteiger partial charge in [0.1, 0.15) is 84.6 Å². The number of nitrogens with one attached hydrogen (secondary N) is 14. The molecule has 61 nitrogen and oxygen atoms in total. The largest absolute Gasteiger partial charge is 0.481 e. The maximum atomic E-state index is 14.1. The number of carboxylic acid groups (broad SMARTS) is 16. The number of rotatable bonds is 67. The van der Waals surface area contributed by atoms with E-state index in [2.05, 4.69) is 0 Å². The Morgan fingerprint density at radius 1 is 0.147 bits per heavy atom. The molecular formula is C68H93N15O46. The van der Waals surface area contributed by atoms with E-state index in [1.165, 1.54) is 0 Å². The van der Waals surface area contributed by atoms with Crippen LogP contribution in [0.2, 0.25) is 0 Å². The van der Waals surface area contributed by atoms with Crippen molar-refractivity contribution in [2.24, 2.45) is 5.73 Å². The van der Waals surface area contributed by atoms with Gasteiger partial charge in [-0.15, -0.1) is 0 Å². The molecule has 0 heterocycles. The summed E-state index contributed by atoms with van der Waals surface area (Å²) >= 11 is 0. The molecule has 716 valence electrons. The topological polar surface area (TPSA) is 1030 Å². The molecular weight excluding hydrogens is 1760 g/mol. The van der Waals surface area contributed by atoms with Gasteiger partial charge in [-0.1, -0.05) is 0 Å². The van der Waals surface area contributed by atoms with Crippen LogP contribution in [0.1, 0.15) is 148 Å². The van der Waals surface area contributed by atoms with Crippen molar-refractivity contribution in [3.8, 4) is 0 Å². The van der Waals surface area contributed by atoms with Gasteiger partial charge in [0.25, 0.3) is 0 Å². The Morgan fingerprint density at radius 2 is 0.256 bits per heavy atom. The quantitative estimate of drug-likeness (QED) is 0.0269. The van der Waals surface area contributed by atoms with Crippen LogP contribution < -0.4 is 80.2 Å². The van der Waals surface area contributed by atoms with E-state index in [1.807, 2.05) is 26.6 Å². The van der Waals surface area contributed by atoms with Gasteiger partial charge in [-0.05, 0) is 51.4 Å². The number of aliphatic carboxylic acids is 16. The average molecular weight is 1860 g/mol. The molecule has 0 aromatic rings. The van der Waals surface area contributed by atoms with Crippen molar-refractivity contribution < 1.29 is 226 Å². The third kappa shape index (κ3) is 48.1. The Morgan fingerprint density at radius 3 is 0.388 bits per heavy atom. The maximum absolute atomic E-state index is 14.1. The summed E-state index contributed by atoms with van der Waals surface area (Å²) in [7, 11) is 0. The standard InChI is InChI=1S/C68H93N15O46/c69-24(1-9-39(84)85)54(114)70-25(2-10-40(86)87)55(115)71-26(3-11-41(88)89)56(116)72-28(5-13-43(92)93)58(118)79-35(20-50(106)107)65(125)82-36(21-51(108)109)66(126)81-34(19-49(104)105)64(124)76-31(8-16-46(98)99)61(121)78-33(18-48(102)103)63(123)75-30(7-15-45(96)97)60(120)77-32(17-47(100)101)62(122)74-27(4-12-42(90)91)57(117)73-29(6-14-44(94)95)59(119)80-37(22-52(110)111)67(127)83-38(68(128)129)23-53(112)113/h24-38H,1-23,69H2,(H,70,114)(H,71,115)(H,72,116)(H,73,117)(H,74,122)(H,75,123)(H,76,124)(H,77,120)(H,78,121)(H,79,118)(H,80,119)(H,81,126)(H,82,125)(H,83,127)(H,84,85)(H,86,87)(H,88,89)(H,90,91)(H,92,93)(H,94,95)(H,96,97)(H,98,99)(H,100,101)(H,102,103)(H,104,105)(H,106,107)(H,108,109)(H,110,111)(H,112,113)(H,128,129)/t24-,25-,26-,27-,28-,29-,30-,31-,32-,33-,34-,35-,36-,37-,38-/m0/s1. The van der Waals surface area contributed by atoms with Gasteiger partial charge in [-0.3, -0.25) is 139 Å². The third-order valence-electron chi connectivity index (χ3n) is 17.0. The molecule has 129 heavy (non-hydrogen) atoms. The SMILES string of the molecule is N[C@@H](CCC(=O)O)C(=O)N[C@@H](CCC(=O)O)C(=O)N[C@@H](CCC(=O)O)C(=O)N[C@@H](CCC(=O)O)C(=O)N[C@@H](CC(=O)O)C(=O)N[C@@H](CC(=O)O)C(=O)N[C@@H](CC(=O)O)C(=O)N[C@@H](CCC(=O)O)C(=O)N[C@@H](CC(=O)O)C(=O)N[C@@H](CCC(=O)O)C(=O)N[C@@H](CC(=O)O)C(=O)N[C@@H](CCC(=O)O)C(=O)N[C@@H](CCC(=O)O)C(=O)N[C@@H](CC(=O)O)C(=O)N[C@@H](CC(=O)O)C(=O)O. The van der Waals surface area contributed by atoms with Crippen LogP contribution in [0.4, 0.5) is 0 Å². The Balaban J connectivity index is 7.54. The van der Waals surface area contributed by atoms with Crippen molar-refractivity contribution in [1.82, 2.24) is 74.4 Å². The first-order valence-corrected chi connectivity index (χ1v) is 37.3. The lowest BCUT2D eigenvalue weighted by atomic mass is 10.0. The van der Waals surface area contributed by atoms with Gasteiger partial charge in [-0.25, -0.2) is 4.79 Å². The van der Waals surface area contributed by atoms with E-state index in [0.717, 1.165) is 0 Å². The second kappa shape index (κ2) is 56.8. The summed E-state index contributed by atoms with van der Waals surface area (Å²) < 4.78 is 0. The molecule has 0 saturated heterocycles. The van der Waals surface area contributed by atoms with E-state index in [-0.39, 0.29) is 0 Å². The molecule has 0 unspecified atom stereocenters. The lowest BCUT2D eigenvalue weighted by Gasteiger charge is -2.28. The summed E-state index contributed by atoms with van der Waals surface area (Å²) in [5.41, 5.74) is 5.69. The predicted molar refractivity (Wildman–Crippen MR) is 403 cm³/mol. The normalized spacial score (nSPS) is 14.2. The zero-order valence-electron chi connectivity index (χ0n) is 66.9. The monoisotopic (exact) mass is 1860 g/mol. The number of hydrogen-bond acceptors (Lipinski definition) is 31. The van der Waals surface area contributed by atoms with Crippen LogP contribution in [0, 0.1) is 0 Å². The van der Waals surface area contributed by atoms with Crippen molar-refractivity contribution >= 4 is 178 Å². The van der Waals surface area contributed by atoms with Gasteiger partial charge in [0, 0.05) is 51.4 Å². The first kappa shape index (κ1) is 113. The molecule has 0 spiro atoms. The van der Waals surface area contributed by atoms with Crippen LogP contribution >= 0.6 is 0 Å². The highest BCUT2D eigenvalue weighted by Gasteiger charge is 2.41. The number of carbonyl (C=O) groups excluding carboxylic acids is 14. The molecule has 15 atom stereocenters. The maximum Gasteiger partial charge on any atom is 0.326 e. The average Bonchev–Trinajstić information content (AvgIpc) is 0.855. The fourth-order valence-electron chi connectivity index (χ4n) is 10.7. The fraction of sp³-hybridized carbons (Fsp3) is 0.559. The van der Waals surface area contributed by atoms with Crippen LogP contribution in [0.3, 0.4) is 0 Å². The summed E-state index contributed by atoms with van der Waals surface area (Å²) in [5.74, 6) is -53.6. The van der Waals surface area contributed by atoms with Crippen molar-refractivity contribution in [3.63, 3.8) is 0 Å². The number of amides is 14. The molecule has 0 radical (unpaired) electrons. The van der Waals surface area contributed by atoms with Crippen LogP contribution in [-0.2, 0) is 144 Å². The van der Waals surface area contributed by atoms with Crippen LogP contribution in [0.5, 0.6) is 0 Å². The van der Waals surface area contributed by atoms with E-state index in [1.54, 1.807) is 47.9 Å². The number of hydrogen-bond donors (Lipinski definition) is 31. The van der Waals surface area contributed by atoms with E-state index >= 15 is 0 Å². The van der Waals surface area contributed by atoms with Crippen LogP contribution in [0.25, 0.3) is 0 Å². The third-order valence-corrected chi connectivity index (χ3v) is 17.0. The van der Waals surface area contributed by atoms with Gasteiger partial charge in [0.2, 0.25) is 82.7 Å². The van der Waals surface area contributed by atoms with Gasteiger partial charge in [-0.2, -0.15) is 0 Å². The first-order valence-electron chi connectivity index (χ1n) is 37.3. The molecule has 0 rings (SSSR count). The van der Waals surface area contributed by atoms with Gasteiger partial charge >= 0.3 is 95.5 Å². The molecule has 0 aliphatic heterocycles. The number of carboxylic acids is 16. The highest BCUT2D eigenvalue weighted by Crippen LogP contribution is 2.14. The van der Waals surface area contributed by atoms with Crippen LogP contribution in [0.15, 0.2) is 0 Å². The van der Waals surface area contributed by atoms with E-state index in [9.17, 15) is 215 Å². The molecule has 61 heteroatoms. The van der Waals surface area contributed by atoms with Gasteiger partial charge in [0.05, 0.1) is 51.0 Å². The smallest absolute Gasteiger partial charge is 0.326 e. The zero-order valence-corrected chi connectivity index (χ0v) is 66.9. The molecule has 0 aliphatic rings. The first-order chi connectivity index (χ1) is 59.8. The molecule has 14 amide bonds. The molecule has 32 N–H and O–H groups in total. The molecule has 0 aromatic heterocycles. The van der Waals surface area contributed by atoms with E-state index in [0.29, 0.717) is 0 Å². The summed E-state index contributed by atoms with van der Waals surface area (Å²) in [6.07, 6.45) is -27.0. The Kier molecular flexibility index (Phi) is 49.7. The Bertz CT molecular complexity index is 4270. The molecule has 0 bridgehead atoms. The van der Waals surface area contributed by atoms with Crippen molar-refractivity contribution in [2.45, 2.75) is 238 Å². The molecule has 0 saturated carbocycles. The second-order valence-electron chi connectivity index (χ2n) is 27.4. The minimum Gasteiger partial charge on any atom is -0.481 e. The van der Waals surface area contributed by atoms with Gasteiger partial charge in [0.15, 0.2) is 0 Å². The summed E-state index contributed by atoms with van der Waals surface area (Å²) in [6, 6.07) is -35.3. The lowest BCUT2D eigenvalue weighted by molar-refractivity contribution is -0.148. The molecule has 0 aliphatic carbocycles. The predicted octanol–water partition coefficient (Wildman–Crippen LogP) is -12.6. The fourth-order valence-corrected chi connectivity index (χ4v) is 10.7. The van der Waals surface area contributed by atoms with Crippen molar-refractivity contribution in [3.05, 3.63) is 0 Å². The summed E-state index contributed by atoms with van der Waals surface area (Å²) in [5, 5.41) is 178. The van der Waals surface area contributed by atoms with Crippen molar-refractivity contribution in [1.29, 1.82) is 0 Å². The van der Waals surface area contributed by atoms with Gasteiger partial charge < -0.3 is 162 Å². The zero-order chi connectivity index (χ0) is 99.1. The van der Waals surface area contributed by atoms with E-state index < -0.39 is 417 Å². The second-order valence-corrected chi connectivity index (χ2v) is 27.4. The highest BCUT2D eigenvalue weighted by atomic mass is 16.4. The summed E-state index contributed by atoms with van der Waals surface area (Å²) in [4.78, 5) is 382. The van der Waals surface area contributed by atoms with Crippen LogP contribution in [-0.4, -0.2) is 351 Å². The van der Waals surface area contributed by atoms with Crippen molar-refractivity contribution in [2.75, 3.05) is 0 Å². The molecule has 0 fully saturated rings.